The van der Waals surface area contributed by atoms with E-state index in [9.17, 15) is 4.79 Å². The number of rotatable bonds is 2. The molecule has 2 N–H and O–H groups in total. The minimum Gasteiger partial charge on any atom is -0.468 e. The average Bonchev–Trinajstić information content (AvgIpc) is 2.62. The molecule has 0 radical (unpaired) electrons. The van der Waals surface area contributed by atoms with Crippen molar-refractivity contribution in [2.45, 2.75) is 43.7 Å². The third-order valence-electron chi connectivity index (χ3n) is 4.62. The number of nitrogens with zero attached hydrogens (tertiary/aromatic N) is 2. The van der Waals surface area contributed by atoms with Gasteiger partial charge in [0, 0.05) is 19.1 Å². The Morgan fingerprint density at radius 1 is 1.26 bits per heavy atom. The number of nitrogens with two attached hydrogens (primary N) is 1. The van der Waals surface area contributed by atoms with E-state index in [0.717, 1.165) is 51.9 Å². The van der Waals surface area contributed by atoms with E-state index in [1.165, 1.54) is 13.5 Å². The highest BCUT2D eigenvalue weighted by atomic mass is 16.5. The number of hydrogen-bond donors (Lipinski definition) is 1. The van der Waals surface area contributed by atoms with Gasteiger partial charge >= 0.3 is 5.97 Å². The zero-order valence-corrected chi connectivity index (χ0v) is 12.2. The molecule has 0 aromatic heterocycles. The van der Waals surface area contributed by atoms with Crippen molar-refractivity contribution in [3.8, 4) is 0 Å². The van der Waals surface area contributed by atoms with Gasteiger partial charge in [0.15, 0.2) is 0 Å². The predicted molar refractivity (Wildman–Crippen MR) is 74.9 cm³/mol. The molecule has 110 valence electrons. The van der Waals surface area contributed by atoms with Crippen LogP contribution in [0.25, 0.3) is 0 Å². The maximum absolute atomic E-state index is 11.9. The molecular formula is C14H27N3O2. The Morgan fingerprint density at radius 2 is 2.05 bits per heavy atom. The van der Waals surface area contributed by atoms with Crippen LogP contribution in [0.5, 0.6) is 0 Å². The van der Waals surface area contributed by atoms with Crippen LogP contribution >= 0.6 is 0 Å². The van der Waals surface area contributed by atoms with E-state index in [0.29, 0.717) is 6.04 Å². The molecule has 1 saturated heterocycles. The monoisotopic (exact) mass is 269 g/mol. The van der Waals surface area contributed by atoms with Crippen molar-refractivity contribution >= 4 is 5.97 Å². The number of hydrogen-bond acceptors (Lipinski definition) is 5. The summed E-state index contributed by atoms with van der Waals surface area (Å²) in [7, 11) is 3.60. The van der Waals surface area contributed by atoms with Crippen molar-refractivity contribution in [1.29, 1.82) is 0 Å². The normalized spacial score (nSPS) is 34.8. The summed E-state index contributed by atoms with van der Waals surface area (Å²) in [6.45, 7) is 4.46. The van der Waals surface area contributed by atoms with Gasteiger partial charge in [0.25, 0.3) is 0 Å². The van der Waals surface area contributed by atoms with Gasteiger partial charge in [-0.1, -0.05) is 0 Å². The Labute approximate surface area is 116 Å². The fraction of sp³-hybridized carbons (Fsp3) is 0.929. The second kappa shape index (κ2) is 6.20. The number of ether oxygens (including phenoxy) is 1. The lowest BCUT2D eigenvalue weighted by Crippen LogP contribution is -2.56. The SMILES string of the molecule is COC(=O)C1(N)CCCC(N2CCCN(C)CC2)C1. The highest BCUT2D eigenvalue weighted by molar-refractivity contribution is 5.80. The lowest BCUT2D eigenvalue weighted by atomic mass is 9.79. The van der Waals surface area contributed by atoms with Crippen LogP contribution in [-0.4, -0.2) is 67.7 Å². The molecule has 0 spiro atoms. The van der Waals surface area contributed by atoms with Crippen molar-refractivity contribution in [3.63, 3.8) is 0 Å². The van der Waals surface area contributed by atoms with E-state index in [4.69, 9.17) is 10.5 Å². The van der Waals surface area contributed by atoms with Crippen LogP contribution in [-0.2, 0) is 9.53 Å². The van der Waals surface area contributed by atoms with Crippen LogP contribution in [0.1, 0.15) is 32.1 Å². The van der Waals surface area contributed by atoms with E-state index in [1.807, 2.05) is 0 Å². The lowest BCUT2D eigenvalue weighted by molar-refractivity contribution is -0.149. The summed E-state index contributed by atoms with van der Waals surface area (Å²) in [5.74, 6) is -0.246. The number of esters is 1. The zero-order valence-electron chi connectivity index (χ0n) is 12.2. The first kappa shape index (κ1) is 14.8. The molecule has 2 rings (SSSR count). The van der Waals surface area contributed by atoms with Crippen LogP contribution in [0.2, 0.25) is 0 Å². The van der Waals surface area contributed by atoms with Gasteiger partial charge in [0.2, 0.25) is 0 Å². The topological polar surface area (TPSA) is 58.8 Å². The summed E-state index contributed by atoms with van der Waals surface area (Å²) in [4.78, 5) is 16.8. The van der Waals surface area contributed by atoms with Crippen molar-refractivity contribution in [2.75, 3.05) is 40.3 Å². The molecule has 2 atom stereocenters. The van der Waals surface area contributed by atoms with Crippen molar-refractivity contribution in [3.05, 3.63) is 0 Å². The van der Waals surface area contributed by atoms with Crippen LogP contribution in [0.15, 0.2) is 0 Å². The summed E-state index contributed by atoms with van der Waals surface area (Å²) < 4.78 is 4.88. The van der Waals surface area contributed by atoms with Gasteiger partial charge in [-0.15, -0.1) is 0 Å². The minimum atomic E-state index is -0.768. The Morgan fingerprint density at radius 3 is 2.79 bits per heavy atom. The minimum absolute atomic E-state index is 0.246. The molecule has 1 aliphatic heterocycles. The molecule has 0 amide bonds. The zero-order chi connectivity index (χ0) is 13.9. The molecule has 19 heavy (non-hydrogen) atoms. The average molecular weight is 269 g/mol. The van der Waals surface area contributed by atoms with E-state index in [1.54, 1.807) is 0 Å². The predicted octanol–water partition coefficient (Wildman–Crippen LogP) is 0.437. The first-order valence-electron chi connectivity index (χ1n) is 7.35. The van der Waals surface area contributed by atoms with Gasteiger partial charge in [-0.05, 0) is 52.2 Å². The Kier molecular flexibility index (Phi) is 4.81. The molecule has 0 aromatic carbocycles. The number of carbonyl (C=O) groups excluding carboxylic acids is 1. The van der Waals surface area contributed by atoms with E-state index in [-0.39, 0.29) is 5.97 Å². The molecule has 2 fully saturated rings. The van der Waals surface area contributed by atoms with E-state index >= 15 is 0 Å². The standard InChI is InChI=1S/C14H27N3O2/c1-16-7-4-8-17(10-9-16)12-5-3-6-14(15,11-12)13(18)19-2/h12H,3-11,15H2,1-2H3. The lowest BCUT2D eigenvalue weighted by Gasteiger charge is -2.40. The van der Waals surface area contributed by atoms with Crippen LogP contribution in [0, 0.1) is 0 Å². The fourth-order valence-electron chi connectivity index (χ4n) is 3.41. The molecule has 0 aromatic rings. The van der Waals surface area contributed by atoms with Crippen LogP contribution < -0.4 is 5.73 Å². The Bertz CT molecular complexity index is 324. The number of likely N-dealkylation sites (N-methyl/N-ethyl adjacent to an activating group) is 1. The summed E-state index contributed by atoms with van der Waals surface area (Å²) in [5, 5.41) is 0. The fourth-order valence-corrected chi connectivity index (χ4v) is 3.41. The molecule has 1 heterocycles. The quantitative estimate of drug-likeness (QED) is 0.737. The highest BCUT2D eigenvalue weighted by Crippen LogP contribution is 2.30. The van der Waals surface area contributed by atoms with Gasteiger partial charge in [-0.2, -0.15) is 0 Å². The van der Waals surface area contributed by atoms with Gasteiger partial charge < -0.3 is 15.4 Å². The van der Waals surface area contributed by atoms with Gasteiger partial charge in [-0.3, -0.25) is 9.69 Å². The van der Waals surface area contributed by atoms with E-state index < -0.39 is 5.54 Å². The van der Waals surface area contributed by atoms with Crippen molar-refractivity contribution in [2.24, 2.45) is 5.73 Å². The third-order valence-corrected chi connectivity index (χ3v) is 4.62. The molecule has 5 nitrogen and oxygen atoms in total. The molecule has 0 bridgehead atoms. The number of carbonyl (C=O) groups is 1. The first-order chi connectivity index (χ1) is 9.05. The second-order valence-electron chi connectivity index (χ2n) is 6.09. The third kappa shape index (κ3) is 3.46. The number of methoxy groups -OCH3 is 1. The summed E-state index contributed by atoms with van der Waals surface area (Å²) in [6, 6.07) is 0.435. The summed E-state index contributed by atoms with van der Waals surface area (Å²) in [5.41, 5.74) is 5.50. The van der Waals surface area contributed by atoms with Crippen molar-refractivity contribution in [1.82, 2.24) is 9.80 Å². The summed E-state index contributed by atoms with van der Waals surface area (Å²) in [6.07, 6.45) is 4.86. The molecule has 2 unspecified atom stereocenters. The van der Waals surface area contributed by atoms with Gasteiger partial charge in [0.05, 0.1) is 7.11 Å². The smallest absolute Gasteiger partial charge is 0.325 e. The summed E-state index contributed by atoms with van der Waals surface area (Å²) >= 11 is 0. The molecule has 1 saturated carbocycles. The first-order valence-corrected chi connectivity index (χ1v) is 7.35. The van der Waals surface area contributed by atoms with Gasteiger partial charge in [-0.25, -0.2) is 0 Å². The largest absolute Gasteiger partial charge is 0.468 e. The van der Waals surface area contributed by atoms with Gasteiger partial charge in [0.1, 0.15) is 5.54 Å². The van der Waals surface area contributed by atoms with Crippen LogP contribution in [0.3, 0.4) is 0 Å². The molecule has 5 heteroatoms. The Hall–Kier alpha value is -0.650. The molecule has 1 aliphatic carbocycles. The maximum Gasteiger partial charge on any atom is 0.325 e. The maximum atomic E-state index is 11.9. The molecule has 2 aliphatic rings. The second-order valence-corrected chi connectivity index (χ2v) is 6.09. The van der Waals surface area contributed by atoms with Crippen LogP contribution in [0.4, 0.5) is 0 Å². The van der Waals surface area contributed by atoms with Crippen molar-refractivity contribution < 1.29 is 9.53 Å². The highest BCUT2D eigenvalue weighted by Gasteiger charge is 2.41. The van der Waals surface area contributed by atoms with E-state index in [2.05, 4.69) is 16.8 Å². The molecular weight excluding hydrogens is 242 g/mol. The Balaban J connectivity index is 1.98.